The molecule has 3 amide bonds. The highest BCUT2D eigenvalue weighted by Crippen LogP contribution is 2.27. The Bertz CT molecular complexity index is 518. The molecule has 3 heterocycles. The van der Waals surface area contributed by atoms with E-state index in [1.807, 2.05) is 13.1 Å². The highest BCUT2D eigenvalue weighted by Gasteiger charge is 2.51. The first-order valence-electron chi connectivity index (χ1n) is 6.44. The maximum absolute atomic E-state index is 12.5. The van der Waals surface area contributed by atoms with Crippen molar-refractivity contribution in [2.75, 3.05) is 13.1 Å². The van der Waals surface area contributed by atoms with Gasteiger partial charge in [0.1, 0.15) is 5.54 Å². The number of hydrogen-bond donors (Lipinski definition) is 2. The summed E-state index contributed by atoms with van der Waals surface area (Å²) >= 11 is 0. The van der Waals surface area contributed by atoms with Gasteiger partial charge in [-0.2, -0.15) is 5.10 Å². The molecule has 0 unspecified atom stereocenters. The van der Waals surface area contributed by atoms with Crippen molar-refractivity contribution in [1.82, 2.24) is 25.3 Å². The first kappa shape index (κ1) is 12.2. The van der Waals surface area contributed by atoms with Crippen LogP contribution in [0.25, 0.3) is 0 Å². The van der Waals surface area contributed by atoms with Gasteiger partial charge in [-0.1, -0.05) is 0 Å². The summed E-state index contributed by atoms with van der Waals surface area (Å²) in [6.45, 7) is 1.74. The Kier molecular flexibility index (Phi) is 2.78. The first-order chi connectivity index (χ1) is 9.11. The van der Waals surface area contributed by atoms with Crippen molar-refractivity contribution in [2.45, 2.75) is 24.9 Å². The van der Waals surface area contributed by atoms with Crippen LogP contribution < -0.4 is 10.6 Å². The lowest BCUT2D eigenvalue weighted by Crippen LogP contribution is -2.53. The molecule has 7 nitrogen and oxygen atoms in total. The lowest BCUT2D eigenvalue weighted by Gasteiger charge is -2.30. The van der Waals surface area contributed by atoms with E-state index >= 15 is 0 Å². The smallest absolute Gasteiger partial charge is 0.323 e. The number of hydrogen-bond acceptors (Lipinski definition) is 4. The van der Waals surface area contributed by atoms with Crippen LogP contribution in [0.3, 0.4) is 0 Å². The van der Waals surface area contributed by atoms with Gasteiger partial charge in [-0.05, 0) is 32.0 Å². The van der Waals surface area contributed by atoms with E-state index in [9.17, 15) is 9.59 Å². The van der Waals surface area contributed by atoms with Gasteiger partial charge in [0.25, 0.3) is 5.91 Å². The molecule has 1 aromatic rings. The number of carbonyl (C=O) groups is 2. The van der Waals surface area contributed by atoms with Crippen molar-refractivity contribution in [2.24, 2.45) is 7.05 Å². The fourth-order valence-corrected chi connectivity index (χ4v) is 2.72. The number of rotatable bonds is 2. The Morgan fingerprint density at radius 2 is 2.11 bits per heavy atom. The third kappa shape index (κ3) is 1.99. The maximum Gasteiger partial charge on any atom is 0.325 e. The summed E-state index contributed by atoms with van der Waals surface area (Å²) in [4.78, 5) is 25.8. The molecular formula is C12H17N5O2. The van der Waals surface area contributed by atoms with E-state index in [0.29, 0.717) is 12.8 Å². The van der Waals surface area contributed by atoms with Crippen LogP contribution in [0.15, 0.2) is 12.3 Å². The second kappa shape index (κ2) is 4.34. The molecule has 0 aromatic carbocycles. The molecule has 0 saturated carbocycles. The van der Waals surface area contributed by atoms with Crippen LogP contribution in [-0.2, 0) is 18.4 Å². The van der Waals surface area contributed by atoms with Gasteiger partial charge >= 0.3 is 6.03 Å². The van der Waals surface area contributed by atoms with Crippen LogP contribution in [-0.4, -0.2) is 45.2 Å². The summed E-state index contributed by atoms with van der Waals surface area (Å²) in [6.07, 6.45) is 3.10. The number of aromatic nitrogens is 2. The predicted molar refractivity (Wildman–Crippen MR) is 67.1 cm³/mol. The topological polar surface area (TPSA) is 79.3 Å². The molecule has 102 valence electrons. The van der Waals surface area contributed by atoms with Gasteiger partial charge < -0.3 is 10.6 Å². The Morgan fingerprint density at radius 1 is 1.37 bits per heavy atom. The summed E-state index contributed by atoms with van der Waals surface area (Å²) in [5, 5.41) is 10.3. The van der Waals surface area contributed by atoms with Gasteiger partial charge in [0, 0.05) is 13.2 Å². The quantitative estimate of drug-likeness (QED) is 0.711. The third-order valence-corrected chi connectivity index (χ3v) is 3.79. The van der Waals surface area contributed by atoms with Gasteiger partial charge in [-0.15, -0.1) is 0 Å². The summed E-state index contributed by atoms with van der Waals surface area (Å²) in [7, 11) is 1.81. The van der Waals surface area contributed by atoms with E-state index < -0.39 is 5.54 Å². The standard InChI is InChI=1S/C12H17N5O2/c1-16-7-2-9(15-16)8-17-10(18)12(14-11(17)19)3-5-13-6-4-12/h2,7,13H,3-6,8H2,1H3,(H,14,19). The molecule has 0 bridgehead atoms. The number of urea groups is 1. The van der Waals surface area contributed by atoms with Crippen molar-refractivity contribution in [3.8, 4) is 0 Å². The normalized spacial score (nSPS) is 22.1. The minimum atomic E-state index is -0.697. The molecule has 2 aliphatic rings. The van der Waals surface area contributed by atoms with Crippen LogP contribution in [0.4, 0.5) is 4.79 Å². The second-order valence-electron chi connectivity index (χ2n) is 5.13. The Labute approximate surface area is 110 Å². The van der Waals surface area contributed by atoms with Crippen molar-refractivity contribution in [3.63, 3.8) is 0 Å². The zero-order chi connectivity index (χ0) is 13.5. The fraction of sp³-hybridized carbons (Fsp3) is 0.583. The first-order valence-corrected chi connectivity index (χ1v) is 6.44. The maximum atomic E-state index is 12.5. The molecule has 19 heavy (non-hydrogen) atoms. The number of imide groups is 1. The van der Waals surface area contributed by atoms with Gasteiger partial charge in [-0.3, -0.25) is 14.4 Å². The van der Waals surface area contributed by atoms with E-state index in [2.05, 4.69) is 15.7 Å². The number of nitrogens with one attached hydrogen (secondary N) is 2. The van der Waals surface area contributed by atoms with E-state index in [1.165, 1.54) is 4.90 Å². The van der Waals surface area contributed by atoms with Crippen LogP contribution in [0.1, 0.15) is 18.5 Å². The molecular weight excluding hydrogens is 246 g/mol. The zero-order valence-corrected chi connectivity index (χ0v) is 10.8. The zero-order valence-electron chi connectivity index (χ0n) is 10.8. The molecule has 2 fully saturated rings. The van der Waals surface area contributed by atoms with Crippen molar-refractivity contribution in [3.05, 3.63) is 18.0 Å². The predicted octanol–water partition coefficient (Wildman–Crippen LogP) is -0.406. The van der Waals surface area contributed by atoms with Crippen LogP contribution in [0, 0.1) is 0 Å². The van der Waals surface area contributed by atoms with E-state index in [0.717, 1.165) is 18.8 Å². The Morgan fingerprint density at radius 3 is 2.74 bits per heavy atom. The molecule has 2 saturated heterocycles. The molecule has 2 aliphatic heterocycles. The fourth-order valence-electron chi connectivity index (χ4n) is 2.72. The Balaban J connectivity index is 1.79. The molecule has 0 aliphatic carbocycles. The van der Waals surface area contributed by atoms with E-state index in [-0.39, 0.29) is 18.5 Å². The van der Waals surface area contributed by atoms with Crippen LogP contribution in [0.5, 0.6) is 0 Å². The summed E-state index contributed by atoms with van der Waals surface area (Å²) < 4.78 is 1.66. The number of piperidine rings is 1. The monoisotopic (exact) mass is 263 g/mol. The van der Waals surface area contributed by atoms with E-state index in [1.54, 1.807) is 10.9 Å². The minimum absolute atomic E-state index is 0.121. The third-order valence-electron chi connectivity index (χ3n) is 3.79. The lowest BCUT2D eigenvalue weighted by atomic mass is 9.88. The largest absolute Gasteiger partial charge is 0.325 e. The minimum Gasteiger partial charge on any atom is -0.323 e. The average molecular weight is 263 g/mol. The number of aryl methyl sites for hydroxylation is 1. The molecule has 3 rings (SSSR count). The average Bonchev–Trinajstić information content (AvgIpc) is 2.89. The molecule has 0 atom stereocenters. The highest BCUT2D eigenvalue weighted by molar-refractivity contribution is 6.07. The van der Waals surface area contributed by atoms with Gasteiger partial charge in [0.2, 0.25) is 0 Å². The van der Waals surface area contributed by atoms with Gasteiger partial charge in [0.15, 0.2) is 0 Å². The molecule has 2 N–H and O–H groups in total. The van der Waals surface area contributed by atoms with Gasteiger partial charge in [0.05, 0.1) is 12.2 Å². The Hall–Kier alpha value is -1.89. The number of amides is 3. The molecule has 7 heteroatoms. The molecule has 0 radical (unpaired) electrons. The van der Waals surface area contributed by atoms with Crippen LogP contribution >= 0.6 is 0 Å². The summed E-state index contributed by atoms with van der Waals surface area (Å²) in [5.74, 6) is -0.121. The van der Waals surface area contributed by atoms with Crippen molar-refractivity contribution in [1.29, 1.82) is 0 Å². The highest BCUT2D eigenvalue weighted by atomic mass is 16.2. The molecule has 1 aromatic heterocycles. The lowest BCUT2D eigenvalue weighted by molar-refractivity contribution is -0.132. The number of carbonyl (C=O) groups excluding carboxylic acids is 2. The summed E-state index contributed by atoms with van der Waals surface area (Å²) in [6, 6.07) is 1.51. The van der Waals surface area contributed by atoms with Crippen molar-refractivity contribution >= 4 is 11.9 Å². The second-order valence-corrected chi connectivity index (χ2v) is 5.13. The van der Waals surface area contributed by atoms with Crippen molar-refractivity contribution < 1.29 is 9.59 Å². The van der Waals surface area contributed by atoms with E-state index in [4.69, 9.17) is 0 Å². The number of nitrogens with zero attached hydrogens (tertiary/aromatic N) is 3. The van der Waals surface area contributed by atoms with Crippen LogP contribution in [0.2, 0.25) is 0 Å². The van der Waals surface area contributed by atoms with Gasteiger partial charge in [-0.25, -0.2) is 4.79 Å². The molecule has 1 spiro atoms. The summed E-state index contributed by atoms with van der Waals surface area (Å²) in [5.41, 5.74) is 0.0221. The SMILES string of the molecule is Cn1ccc(CN2C(=O)NC3(CCNCC3)C2=O)n1.